The lowest BCUT2D eigenvalue weighted by Crippen LogP contribution is -2.05. The van der Waals surface area contributed by atoms with Crippen LogP contribution in [0.5, 0.6) is 0 Å². The lowest BCUT2D eigenvalue weighted by atomic mass is 10.3. The van der Waals surface area contributed by atoms with Crippen LogP contribution < -0.4 is 5.73 Å². The van der Waals surface area contributed by atoms with Gasteiger partial charge in [0.2, 0.25) is 0 Å². The zero-order valence-corrected chi connectivity index (χ0v) is 6.68. The van der Waals surface area contributed by atoms with E-state index in [1.54, 1.807) is 18.6 Å². The average Bonchev–Trinajstić information content (AvgIpc) is 2.14. The molecule has 0 atom stereocenters. The molecule has 1 aromatic heterocycles. The Morgan fingerprint density at radius 1 is 1.50 bits per heavy atom. The van der Waals surface area contributed by atoms with Crippen molar-refractivity contribution in [1.82, 2.24) is 4.98 Å². The molecule has 0 saturated heterocycles. The fourth-order valence-electron chi connectivity index (χ4n) is 0.653. The third-order valence-electron chi connectivity index (χ3n) is 1.19. The van der Waals surface area contributed by atoms with Gasteiger partial charge in [0.15, 0.2) is 0 Å². The smallest absolute Gasteiger partial charge is 0.129 e. The summed E-state index contributed by atoms with van der Waals surface area (Å²) in [5.41, 5.74) is 6.16. The van der Waals surface area contributed by atoms with Crippen LogP contribution in [0.2, 0.25) is 0 Å². The molecule has 1 heterocycles. The van der Waals surface area contributed by atoms with Gasteiger partial charge in [0, 0.05) is 18.9 Å². The van der Waals surface area contributed by atoms with Crippen LogP contribution in [0.4, 0.5) is 0 Å². The molecule has 1 rings (SSSR count). The molecule has 0 fully saturated rings. The quantitative estimate of drug-likeness (QED) is 0.399. The molecule has 0 amide bonds. The predicted molar refractivity (Wildman–Crippen MR) is 46.8 cm³/mol. The van der Waals surface area contributed by atoms with E-state index in [9.17, 15) is 0 Å². The van der Waals surface area contributed by atoms with Gasteiger partial charge in [-0.3, -0.25) is 4.98 Å². The minimum absolute atomic E-state index is 0.446. The van der Waals surface area contributed by atoms with E-state index >= 15 is 0 Å². The summed E-state index contributed by atoms with van der Waals surface area (Å²) in [6, 6.07) is 3.69. The number of pyridine rings is 1. The van der Waals surface area contributed by atoms with Crippen LogP contribution in [0, 0.1) is 0 Å². The van der Waals surface area contributed by atoms with Crippen LogP contribution in [0.1, 0.15) is 5.56 Å². The Bertz CT molecular complexity index is 235. The number of nitrogens with zero attached hydrogens (tertiary/aromatic N) is 2. The van der Waals surface area contributed by atoms with Gasteiger partial charge >= 0.3 is 0 Å². The van der Waals surface area contributed by atoms with E-state index in [4.69, 9.17) is 10.6 Å². The van der Waals surface area contributed by atoms with Gasteiger partial charge in [0.25, 0.3) is 0 Å². The highest BCUT2D eigenvalue weighted by Crippen LogP contribution is 1.90. The molecule has 4 heteroatoms. The van der Waals surface area contributed by atoms with Crippen LogP contribution >= 0.6 is 0 Å². The zero-order valence-electron chi connectivity index (χ0n) is 6.68. The zero-order chi connectivity index (χ0) is 8.65. The van der Waals surface area contributed by atoms with Crippen LogP contribution in [-0.4, -0.2) is 24.4 Å². The predicted octanol–water partition coefficient (Wildman–Crippen LogP) is 0.391. The van der Waals surface area contributed by atoms with E-state index in [1.165, 1.54) is 0 Å². The van der Waals surface area contributed by atoms with Crippen molar-refractivity contribution >= 4 is 6.21 Å². The van der Waals surface area contributed by atoms with E-state index in [0.29, 0.717) is 13.2 Å². The van der Waals surface area contributed by atoms with Gasteiger partial charge in [-0.15, -0.1) is 0 Å². The SMILES string of the molecule is NCCON=Cc1ccncc1. The fraction of sp³-hybridized carbons (Fsp3) is 0.250. The Kier molecular flexibility index (Phi) is 3.80. The maximum atomic E-state index is 5.20. The van der Waals surface area contributed by atoms with Crippen molar-refractivity contribution < 1.29 is 4.84 Å². The summed E-state index contributed by atoms with van der Waals surface area (Å²) in [6.07, 6.45) is 5.02. The molecule has 0 aromatic carbocycles. The van der Waals surface area contributed by atoms with Gasteiger partial charge < -0.3 is 10.6 Å². The van der Waals surface area contributed by atoms with Crippen LogP contribution in [-0.2, 0) is 4.84 Å². The van der Waals surface area contributed by atoms with E-state index in [2.05, 4.69) is 10.1 Å². The second-order valence-corrected chi connectivity index (χ2v) is 2.14. The van der Waals surface area contributed by atoms with Crippen molar-refractivity contribution in [2.24, 2.45) is 10.9 Å². The van der Waals surface area contributed by atoms with Gasteiger partial charge in [0.05, 0.1) is 6.21 Å². The third kappa shape index (κ3) is 3.12. The molecule has 0 aliphatic rings. The average molecular weight is 165 g/mol. The number of rotatable bonds is 4. The Morgan fingerprint density at radius 3 is 2.92 bits per heavy atom. The number of oxime groups is 1. The molecule has 0 bridgehead atoms. The molecule has 12 heavy (non-hydrogen) atoms. The second-order valence-electron chi connectivity index (χ2n) is 2.14. The molecule has 0 spiro atoms. The van der Waals surface area contributed by atoms with Crippen molar-refractivity contribution in [2.45, 2.75) is 0 Å². The summed E-state index contributed by atoms with van der Waals surface area (Å²) in [5, 5.41) is 3.70. The number of hydrogen-bond acceptors (Lipinski definition) is 4. The summed E-state index contributed by atoms with van der Waals surface area (Å²) in [4.78, 5) is 8.68. The molecule has 64 valence electrons. The summed E-state index contributed by atoms with van der Waals surface area (Å²) in [5.74, 6) is 0. The van der Waals surface area contributed by atoms with Crippen LogP contribution in [0.3, 0.4) is 0 Å². The standard InChI is InChI=1S/C8H11N3O/c9-3-6-12-11-7-8-1-4-10-5-2-8/h1-2,4-5,7H,3,6,9H2. The van der Waals surface area contributed by atoms with E-state index in [1.807, 2.05) is 12.1 Å². The fourth-order valence-corrected chi connectivity index (χ4v) is 0.653. The molecule has 4 nitrogen and oxygen atoms in total. The van der Waals surface area contributed by atoms with E-state index < -0.39 is 0 Å². The van der Waals surface area contributed by atoms with Crippen molar-refractivity contribution in [2.75, 3.05) is 13.2 Å². The highest BCUT2D eigenvalue weighted by atomic mass is 16.6. The Morgan fingerprint density at radius 2 is 2.25 bits per heavy atom. The van der Waals surface area contributed by atoms with Crippen LogP contribution in [0.25, 0.3) is 0 Å². The number of hydrogen-bond donors (Lipinski definition) is 1. The molecule has 0 aliphatic carbocycles. The minimum atomic E-state index is 0.446. The largest absolute Gasteiger partial charge is 0.394 e. The van der Waals surface area contributed by atoms with Crippen molar-refractivity contribution in [3.63, 3.8) is 0 Å². The normalized spacial score (nSPS) is 10.4. The monoisotopic (exact) mass is 165 g/mol. The Balaban J connectivity index is 2.36. The molecule has 0 aliphatic heterocycles. The first-order chi connectivity index (χ1) is 5.93. The highest BCUT2D eigenvalue weighted by Gasteiger charge is 1.83. The maximum absolute atomic E-state index is 5.20. The van der Waals surface area contributed by atoms with Crippen molar-refractivity contribution in [3.8, 4) is 0 Å². The highest BCUT2D eigenvalue weighted by molar-refractivity contribution is 5.78. The molecule has 0 radical (unpaired) electrons. The summed E-state index contributed by atoms with van der Waals surface area (Å²) in [6.45, 7) is 0.926. The Labute approximate surface area is 71.0 Å². The summed E-state index contributed by atoms with van der Waals surface area (Å²) >= 11 is 0. The van der Waals surface area contributed by atoms with Gasteiger partial charge in [-0.2, -0.15) is 0 Å². The molecule has 0 saturated carbocycles. The first-order valence-electron chi connectivity index (χ1n) is 3.69. The topological polar surface area (TPSA) is 60.5 Å². The lowest BCUT2D eigenvalue weighted by Gasteiger charge is -1.93. The van der Waals surface area contributed by atoms with Crippen molar-refractivity contribution in [1.29, 1.82) is 0 Å². The number of nitrogens with two attached hydrogens (primary N) is 1. The molecule has 1 aromatic rings. The Hall–Kier alpha value is -1.42. The third-order valence-corrected chi connectivity index (χ3v) is 1.19. The minimum Gasteiger partial charge on any atom is -0.394 e. The molecule has 2 N–H and O–H groups in total. The van der Waals surface area contributed by atoms with Gasteiger partial charge in [-0.05, 0) is 17.7 Å². The van der Waals surface area contributed by atoms with Crippen LogP contribution in [0.15, 0.2) is 29.7 Å². The van der Waals surface area contributed by atoms with Gasteiger partial charge in [-0.25, -0.2) is 0 Å². The van der Waals surface area contributed by atoms with Crippen molar-refractivity contribution in [3.05, 3.63) is 30.1 Å². The molecular formula is C8H11N3O. The maximum Gasteiger partial charge on any atom is 0.129 e. The summed E-state index contributed by atoms with van der Waals surface area (Å²) < 4.78 is 0. The summed E-state index contributed by atoms with van der Waals surface area (Å²) in [7, 11) is 0. The number of aromatic nitrogens is 1. The molecule has 0 unspecified atom stereocenters. The second kappa shape index (κ2) is 5.26. The molecular weight excluding hydrogens is 154 g/mol. The van der Waals surface area contributed by atoms with Gasteiger partial charge in [-0.1, -0.05) is 5.16 Å². The van der Waals surface area contributed by atoms with E-state index in [-0.39, 0.29) is 0 Å². The first-order valence-corrected chi connectivity index (χ1v) is 3.69. The van der Waals surface area contributed by atoms with Gasteiger partial charge in [0.1, 0.15) is 6.61 Å². The first kappa shape index (κ1) is 8.67. The lowest BCUT2D eigenvalue weighted by molar-refractivity contribution is 0.154. The van der Waals surface area contributed by atoms with E-state index in [0.717, 1.165) is 5.56 Å².